The van der Waals surface area contributed by atoms with Gasteiger partial charge in [-0.3, -0.25) is 4.90 Å². The smallest absolute Gasteiger partial charge is 0.0127 e. The number of hydrogen-bond donors (Lipinski definition) is 1. The second kappa shape index (κ2) is 4.38. The molecular weight excluding hydrogens is 196 g/mol. The topological polar surface area (TPSA) is 29.3 Å². The van der Waals surface area contributed by atoms with Gasteiger partial charge in [0.1, 0.15) is 0 Å². The Labute approximate surface area is 93.6 Å². The summed E-state index contributed by atoms with van der Waals surface area (Å²) in [5.74, 6) is 2.47. The first-order chi connectivity index (χ1) is 6.15. The molecule has 0 bridgehead atoms. The molecule has 2 rings (SSSR count). The predicted molar refractivity (Wildman–Crippen MR) is 62.7 cm³/mol. The zero-order valence-electron chi connectivity index (χ0n) is 9.44. The number of rotatable bonds is 3. The summed E-state index contributed by atoms with van der Waals surface area (Å²) in [5, 5.41) is 0. The van der Waals surface area contributed by atoms with Crippen molar-refractivity contribution in [2.45, 2.75) is 39.3 Å². The fraction of sp³-hybridized carbons (Fsp3) is 1.00. The first kappa shape index (κ1) is 12.3. The molecule has 2 N–H and O–H groups in total. The van der Waals surface area contributed by atoms with Crippen molar-refractivity contribution in [1.82, 2.24) is 4.90 Å². The minimum absolute atomic E-state index is 0. The van der Waals surface area contributed by atoms with Gasteiger partial charge in [0.2, 0.25) is 0 Å². The minimum Gasteiger partial charge on any atom is -0.327 e. The number of likely N-dealkylation sites (tertiary alicyclic amines) is 1. The Bertz CT molecular complexity index is 184. The van der Waals surface area contributed by atoms with Gasteiger partial charge in [-0.2, -0.15) is 0 Å². The third kappa shape index (κ3) is 1.93. The summed E-state index contributed by atoms with van der Waals surface area (Å²) in [5.41, 5.74) is 5.93. The van der Waals surface area contributed by atoms with Gasteiger partial charge in [-0.1, -0.05) is 20.8 Å². The van der Waals surface area contributed by atoms with Crippen LogP contribution in [0.3, 0.4) is 0 Å². The van der Waals surface area contributed by atoms with Gasteiger partial charge in [0.25, 0.3) is 0 Å². The van der Waals surface area contributed by atoms with E-state index in [-0.39, 0.29) is 12.4 Å². The molecule has 0 aromatic carbocycles. The molecule has 4 atom stereocenters. The van der Waals surface area contributed by atoms with Gasteiger partial charge >= 0.3 is 0 Å². The van der Waals surface area contributed by atoms with Crippen LogP contribution in [0.4, 0.5) is 0 Å². The molecule has 0 spiro atoms. The lowest BCUT2D eigenvalue weighted by Crippen LogP contribution is -2.40. The molecule has 84 valence electrons. The molecule has 1 aliphatic carbocycles. The second-order valence-corrected chi connectivity index (χ2v) is 5.08. The minimum atomic E-state index is 0. The van der Waals surface area contributed by atoms with Crippen molar-refractivity contribution in [3.05, 3.63) is 0 Å². The molecule has 0 aromatic rings. The number of piperidine rings is 1. The highest BCUT2D eigenvalue weighted by Crippen LogP contribution is 2.45. The molecule has 0 aromatic heterocycles. The summed E-state index contributed by atoms with van der Waals surface area (Å²) in [6.45, 7) is 9.50. The summed E-state index contributed by atoms with van der Waals surface area (Å²) in [4.78, 5) is 2.66. The fourth-order valence-electron chi connectivity index (χ4n) is 3.03. The van der Waals surface area contributed by atoms with Crippen LogP contribution >= 0.6 is 12.4 Å². The molecule has 1 aliphatic heterocycles. The van der Waals surface area contributed by atoms with E-state index >= 15 is 0 Å². The van der Waals surface area contributed by atoms with Crippen molar-refractivity contribution >= 4 is 12.4 Å². The number of fused-ring (bicyclic) bond motifs is 1. The van der Waals surface area contributed by atoms with Gasteiger partial charge in [-0.05, 0) is 24.2 Å². The highest BCUT2D eigenvalue weighted by molar-refractivity contribution is 5.85. The third-order valence-corrected chi connectivity index (χ3v) is 3.95. The fourth-order valence-corrected chi connectivity index (χ4v) is 3.03. The van der Waals surface area contributed by atoms with Crippen LogP contribution in [0.25, 0.3) is 0 Å². The molecule has 1 saturated carbocycles. The number of nitrogens with zero attached hydrogens (tertiary/aromatic N) is 1. The first-order valence-electron chi connectivity index (χ1n) is 5.64. The van der Waals surface area contributed by atoms with Crippen molar-refractivity contribution in [3.63, 3.8) is 0 Å². The van der Waals surface area contributed by atoms with Gasteiger partial charge in [-0.15, -0.1) is 12.4 Å². The van der Waals surface area contributed by atoms with Crippen LogP contribution < -0.4 is 5.73 Å². The number of halogens is 1. The Morgan fingerprint density at radius 3 is 2.14 bits per heavy atom. The lowest BCUT2D eigenvalue weighted by atomic mass is 10.00. The maximum atomic E-state index is 5.93. The molecular formula is C11H23ClN2. The third-order valence-electron chi connectivity index (χ3n) is 3.95. The zero-order chi connectivity index (χ0) is 9.59. The Balaban J connectivity index is 0.000000980. The SMILES string of the molecule is CCC(C(C)C)N1C[C@@H]2[C@@H](N)[C@@H]2C1.Cl. The zero-order valence-corrected chi connectivity index (χ0v) is 10.3. The molecule has 1 heterocycles. The van der Waals surface area contributed by atoms with Gasteiger partial charge < -0.3 is 5.73 Å². The Morgan fingerprint density at radius 2 is 1.79 bits per heavy atom. The first-order valence-corrected chi connectivity index (χ1v) is 5.64. The quantitative estimate of drug-likeness (QED) is 0.782. The maximum absolute atomic E-state index is 5.93. The summed E-state index contributed by atoms with van der Waals surface area (Å²) in [6.07, 6.45) is 1.28. The molecule has 1 saturated heterocycles. The van der Waals surface area contributed by atoms with Crippen LogP contribution in [-0.4, -0.2) is 30.1 Å². The van der Waals surface area contributed by atoms with Crippen LogP contribution in [0.2, 0.25) is 0 Å². The van der Waals surface area contributed by atoms with Crippen LogP contribution in [0.5, 0.6) is 0 Å². The predicted octanol–water partition coefficient (Wildman–Crippen LogP) is 1.73. The lowest BCUT2D eigenvalue weighted by Gasteiger charge is -2.31. The molecule has 1 unspecified atom stereocenters. The van der Waals surface area contributed by atoms with Gasteiger partial charge in [0.05, 0.1) is 0 Å². The average Bonchev–Trinajstić information content (AvgIpc) is 2.54. The van der Waals surface area contributed by atoms with Crippen LogP contribution in [0.15, 0.2) is 0 Å². The van der Waals surface area contributed by atoms with E-state index in [1.165, 1.54) is 19.5 Å². The number of hydrogen-bond acceptors (Lipinski definition) is 2. The molecule has 3 heteroatoms. The normalized spacial score (nSPS) is 37.9. The van der Waals surface area contributed by atoms with Crippen molar-refractivity contribution in [1.29, 1.82) is 0 Å². The van der Waals surface area contributed by atoms with Crippen LogP contribution in [0.1, 0.15) is 27.2 Å². The van der Waals surface area contributed by atoms with Crippen molar-refractivity contribution in [3.8, 4) is 0 Å². The van der Waals surface area contributed by atoms with Gasteiger partial charge in [0.15, 0.2) is 0 Å². The highest BCUT2D eigenvalue weighted by atomic mass is 35.5. The number of nitrogens with two attached hydrogens (primary N) is 1. The van der Waals surface area contributed by atoms with E-state index in [0.717, 1.165) is 23.8 Å². The van der Waals surface area contributed by atoms with E-state index in [2.05, 4.69) is 25.7 Å². The Kier molecular flexibility index (Phi) is 3.84. The van der Waals surface area contributed by atoms with Gasteiger partial charge in [-0.25, -0.2) is 0 Å². The van der Waals surface area contributed by atoms with Crippen molar-refractivity contribution in [2.24, 2.45) is 23.5 Å². The van der Waals surface area contributed by atoms with Crippen LogP contribution in [0, 0.1) is 17.8 Å². The van der Waals surface area contributed by atoms with E-state index in [1.807, 2.05) is 0 Å². The molecule has 14 heavy (non-hydrogen) atoms. The summed E-state index contributed by atoms with van der Waals surface area (Å²) in [6, 6.07) is 1.33. The standard InChI is InChI=1S/C11H22N2.ClH/c1-4-10(7(2)3)13-5-8-9(6-13)11(8)12;/h7-11H,4-6,12H2,1-3H3;1H/t8-,9+,10?,11+;. The van der Waals surface area contributed by atoms with E-state index in [1.54, 1.807) is 0 Å². The largest absolute Gasteiger partial charge is 0.327 e. The second-order valence-electron chi connectivity index (χ2n) is 5.08. The van der Waals surface area contributed by atoms with E-state index in [0.29, 0.717) is 6.04 Å². The summed E-state index contributed by atoms with van der Waals surface area (Å²) in [7, 11) is 0. The van der Waals surface area contributed by atoms with Crippen molar-refractivity contribution < 1.29 is 0 Å². The monoisotopic (exact) mass is 218 g/mol. The van der Waals surface area contributed by atoms with E-state index in [9.17, 15) is 0 Å². The van der Waals surface area contributed by atoms with Crippen LogP contribution in [-0.2, 0) is 0 Å². The van der Waals surface area contributed by atoms with E-state index in [4.69, 9.17) is 5.73 Å². The maximum Gasteiger partial charge on any atom is 0.0127 e. The summed E-state index contributed by atoms with van der Waals surface area (Å²) < 4.78 is 0. The Morgan fingerprint density at radius 1 is 1.29 bits per heavy atom. The average molecular weight is 219 g/mol. The molecule has 2 nitrogen and oxygen atoms in total. The van der Waals surface area contributed by atoms with Gasteiger partial charge in [0, 0.05) is 25.2 Å². The van der Waals surface area contributed by atoms with E-state index < -0.39 is 0 Å². The molecule has 0 radical (unpaired) electrons. The lowest BCUT2D eigenvalue weighted by molar-refractivity contribution is 0.165. The van der Waals surface area contributed by atoms with Crippen molar-refractivity contribution in [2.75, 3.05) is 13.1 Å². The Hall–Kier alpha value is 0.210. The molecule has 0 amide bonds. The highest BCUT2D eigenvalue weighted by Gasteiger charge is 2.54. The molecule has 2 aliphatic rings. The summed E-state index contributed by atoms with van der Waals surface area (Å²) >= 11 is 0. The molecule has 2 fully saturated rings.